The Kier molecular flexibility index (Phi) is 4.50. The minimum atomic E-state index is 0.724. The Morgan fingerprint density at radius 2 is 1.61 bits per heavy atom. The largest absolute Gasteiger partial charge is 0.299 e. The lowest BCUT2D eigenvalue weighted by Gasteiger charge is -2.50. The van der Waals surface area contributed by atoms with E-state index in [-0.39, 0.29) is 0 Å². The molecule has 1 nitrogen and oxygen atoms in total. The first-order valence-electron chi connectivity index (χ1n) is 10.0. The van der Waals surface area contributed by atoms with Crippen LogP contribution in [0.5, 0.6) is 0 Å². The molecule has 2 atom stereocenters. The predicted molar refractivity (Wildman–Crippen MR) is 97.4 cm³/mol. The van der Waals surface area contributed by atoms with Gasteiger partial charge in [0.2, 0.25) is 0 Å². The third-order valence-electron chi connectivity index (χ3n) is 7.25. The lowest BCUT2D eigenvalue weighted by Crippen LogP contribution is -2.44. The van der Waals surface area contributed by atoms with E-state index in [1.165, 1.54) is 56.3 Å². The fourth-order valence-corrected chi connectivity index (χ4v) is 5.67. The van der Waals surface area contributed by atoms with Gasteiger partial charge >= 0.3 is 0 Å². The number of rotatable bonds is 2. The molecule has 1 aromatic rings. The number of piperidine rings is 1. The first-order valence-corrected chi connectivity index (χ1v) is 10.0. The zero-order valence-electron chi connectivity index (χ0n) is 14.9. The van der Waals surface area contributed by atoms with Crippen molar-refractivity contribution in [3.63, 3.8) is 0 Å². The molecule has 126 valence electrons. The number of hydrogen-bond acceptors (Lipinski definition) is 1. The zero-order chi connectivity index (χ0) is 15.7. The SMILES string of the molecule is Cc1ccc(CN2CCC3(CC[C@@H]4CCCC[C@H]4C3)CC2)cc1. The Labute approximate surface area is 142 Å². The van der Waals surface area contributed by atoms with Crippen LogP contribution in [0.1, 0.15) is 68.9 Å². The van der Waals surface area contributed by atoms with Crippen molar-refractivity contribution in [2.45, 2.75) is 71.3 Å². The monoisotopic (exact) mass is 311 g/mol. The second kappa shape index (κ2) is 6.59. The fraction of sp³-hybridized carbons (Fsp3) is 0.727. The Balaban J connectivity index is 1.32. The lowest BCUT2D eigenvalue weighted by molar-refractivity contribution is 0.00451. The van der Waals surface area contributed by atoms with Crippen molar-refractivity contribution in [1.82, 2.24) is 4.90 Å². The number of nitrogens with zero attached hydrogens (tertiary/aromatic N) is 1. The van der Waals surface area contributed by atoms with E-state index in [0.717, 1.165) is 23.8 Å². The number of fused-ring (bicyclic) bond motifs is 1. The second-order valence-electron chi connectivity index (χ2n) is 8.81. The van der Waals surface area contributed by atoms with Gasteiger partial charge in [0.05, 0.1) is 0 Å². The molecular formula is C22H33N. The summed E-state index contributed by atoms with van der Waals surface area (Å²) in [4.78, 5) is 2.70. The van der Waals surface area contributed by atoms with Crippen LogP contribution >= 0.6 is 0 Å². The molecule has 0 bridgehead atoms. The Hall–Kier alpha value is -0.820. The molecule has 1 aromatic carbocycles. The standard InChI is InChI=1S/C22H33N/c1-18-6-8-19(9-7-18)17-23-14-12-22(13-15-23)11-10-20-4-2-3-5-21(20)16-22/h6-9,20-21H,2-5,10-17H2,1H3/t20-,21-/m0/s1. The second-order valence-corrected chi connectivity index (χ2v) is 8.81. The van der Waals surface area contributed by atoms with E-state index in [9.17, 15) is 0 Å². The van der Waals surface area contributed by atoms with Gasteiger partial charge in [-0.1, -0.05) is 55.5 Å². The van der Waals surface area contributed by atoms with Crippen LogP contribution in [0.2, 0.25) is 0 Å². The lowest BCUT2D eigenvalue weighted by atomic mass is 9.58. The third kappa shape index (κ3) is 3.50. The summed E-state index contributed by atoms with van der Waals surface area (Å²) < 4.78 is 0. The van der Waals surface area contributed by atoms with E-state index in [1.54, 1.807) is 25.7 Å². The van der Waals surface area contributed by atoms with E-state index in [0.29, 0.717) is 0 Å². The van der Waals surface area contributed by atoms with Crippen molar-refractivity contribution in [1.29, 1.82) is 0 Å². The summed E-state index contributed by atoms with van der Waals surface area (Å²) in [6, 6.07) is 9.14. The van der Waals surface area contributed by atoms with E-state index >= 15 is 0 Å². The Morgan fingerprint density at radius 1 is 0.913 bits per heavy atom. The highest BCUT2D eigenvalue weighted by atomic mass is 15.1. The molecule has 1 spiro atoms. The smallest absolute Gasteiger partial charge is 0.0233 e. The Bertz CT molecular complexity index is 509. The van der Waals surface area contributed by atoms with Crippen molar-refractivity contribution in [2.24, 2.45) is 17.3 Å². The van der Waals surface area contributed by atoms with Gasteiger partial charge < -0.3 is 0 Å². The maximum absolute atomic E-state index is 2.70. The van der Waals surface area contributed by atoms with E-state index in [2.05, 4.69) is 36.1 Å². The number of likely N-dealkylation sites (tertiary alicyclic amines) is 1. The van der Waals surface area contributed by atoms with Gasteiger partial charge in [-0.05, 0) is 74.9 Å². The summed E-state index contributed by atoms with van der Waals surface area (Å²) in [6.45, 7) is 5.98. The quantitative estimate of drug-likeness (QED) is 0.690. The van der Waals surface area contributed by atoms with E-state index in [4.69, 9.17) is 0 Å². The highest BCUT2D eigenvalue weighted by molar-refractivity contribution is 5.21. The summed E-state index contributed by atoms with van der Waals surface area (Å²) in [6.07, 6.45) is 13.7. The highest BCUT2D eigenvalue weighted by Gasteiger charge is 2.42. The first kappa shape index (κ1) is 15.7. The van der Waals surface area contributed by atoms with E-state index in [1.807, 2.05) is 0 Å². The van der Waals surface area contributed by atoms with Crippen molar-refractivity contribution in [3.05, 3.63) is 35.4 Å². The topological polar surface area (TPSA) is 3.24 Å². The van der Waals surface area contributed by atoms with Gasteiger partial charge in [-0.25, -0.2) is 0 Å². The molecule has 1 heteroatoms. The van der Waals surface area contributed by atoms with Gasteiger partial charge in [-0.3, -0.25) is 4.90 Å². The van der Waals surface area contributed by atoms with Gasteiger partial charge in [0, 0.05) is 6.54 Å². The van der Waals surface area contributed by atoms with Crippen LogP contribution in [0.4, 0.5) is 0 Å². The molecule has 0 aromatic heterocycles. The van der Waals surface area contributed by atoms with Gasteiger partial charge in [-0.15, -0.1) is 0 Å². The number of hydrogen-bond donors (Lipinski definition) is 0. The van der Waals surface area contributed by atoms with E-state index < -0.39 is 0 Å². The van der Waals surface area contributed by atoms with Gasteiger partial charge in [0.25, 0.3) is 0 Å². The molecule has 3 aliphatic rings. The van der Waals surface area contributed by atoms with Crippen LogP contribution in [-0.2, 0) is 6.54 Å². The molecule has 0 amide bonds. The van der Waals surface area contributed by atoms with Gasteiger partial charge in [0.1, 0.15) is 0 Å². The molecule has 23 heavy (non-hydrogen) atoms. The highest BCUT2D eigenvalue weighted by Crippen LogP contribution is 2.52. The van der Waals surface area contributed by atoms with Crippen LogP contribution in [0.25, 0.3) is 0 Å². The average Bonchev–Trinajstić information content (AvgIpc) is 2.59. The Morgan fingerprint density at radius 3 is 2.35 bits per heavy atom. The molecular weight excluding hydrogens is 278 g/mol. The molecule has 2 aliphatic carbocycles. The molecule has 3 fully saturated rings. The van der Waals surface area contributed by atoms with Crippen molar-refractivity contribution in [3.8, 4) is 0 Å². The van der Waals surface area contributed by atoms with Crippen LogP contribution < -0.4 is 0 Å². The van der Waals surface area contributed by atoms with Crippen molar-refractivity contribution < 1.29 is 0 Å². The van der Waals surface area contributed by atoms with Crippen molar-refractivity contribution in [2.75, 3.05) is 13.1 Å². The number of benzene rings is 1. The molecule has 0 unspecified atom stereocenters. The fourth-order valence-electron chi connectivity index (χ4n) is 5.67. The normalized spacial score (nSPS) is 31.0. The minimum Gasteiger partial charge on any atom is -0.299 e. The molecule has 4 rings (SSSR count). The van der Waals surface area contributed by atoms with Crippen LogP contribution in [0, 0.1) is 24.2 Å². The summed E-state index contributed by atoms with van der Waals surface area (Å²) in [5, 5.41) is 0. The summed E-state index contributed by atoms with van der Waals surface area (Å²) in [5.74, 6) is 2.18. The summed E-state index contributed by atoms with van der Waals surface area (Å²) in [7, 11) is 0. The number of aryl methyl sites for hydroxylation is 1. The molecule has 1 aliphatic heterocycles. The zero-order valence-corrected chi connectivity index (χ0v) is 14.9. The van der Waals surface area contributed by atoms with Gasteiger partial charge in [-0.2, -0.15) is 0 Å². The maximum atomic E-state index is 2.70. The summed E-state index contributed by atoms with van der Waals surface area (Å²) in [5.41, 5.74) is 3.58. The van der Waals surface area contributed by atoms with Crippen LogP contribution in [0.15, 0.2) is 24.3 Å². The molecule has 2 saturated carbocycles. The molecule has 1 saturated heterocycles. The van der Waals surface area contributed by atoms with Gasteiger partial charge in [0.15, 0.2) is 0 Å². The minimum absolute atomic E-state index is 0.724. The van der Waals surface area contributed by atoms with Crippen LogP contribution in [0.3, 0.4) is 0 Å². The predicted octanol–water partition coefficient (Wildman–Crippen LogP) is 5.57. The molecule has 1 heterocycles. The first-order chi connectivity index (χ1) is 11.2. The average molecular weight is 312 g/mol. The van der Waals surface area contributed by atoms with Crippen molar-refractivity contribution >= 4 is 0 Å². The van der Waals surface area contributed by atoms with Crippen LogP contribution in [-0.4, -0.2) is 18.0 Å². The third-order valence-corrected chi connectivity index (χ3v) is 7.25. The summed E-state index contributed by atoms with van der Waals surface area (Å²) >= 11 is 0. The molecule has 0 radical (unpaired) electrons. The maximum Gasteiger partial charge on any atom is 0.0233 e. The molecule has 0 N–H and O–H groups in total.